The van der Waals surface area contributed by atoms with E-state index in [0.29, 0.717) is 36.8 Å². The Morgan fingerprint density at radius 2 is 1.93 bits per heavy atom. The second-order valence-electron chi connectivity index (χ2n) is 6.32. The molecule has 0 atom stereocenters. The number of carbonyl (C=O) groups is 1. The second kappa shape index (κ2) is 10.5. The molecule has 2 aromatic carbocycles. The highest BCUT2D eigenvalue weighted by atomic mass is 32.1. The van der Waals surface area contributed by atoms with Crippen LogP contribution in [0.15, 0.2) is 60.5 Å². The smallest absolute Gasteiger partial charge is 0.270 e. The summed E-state index contributed by atoms with van der Waals surface area (Å²) in [5, 5.41) is 5.40. The van der Waals surface area contributed by atoms with Crippen LogP contribution in [0.5, 0.6) is 17.2 Å². The van der Waals surface area contributed by atoms with Gasteiger partial charge < -0.3 is 19.5 Å². The van der Waals surface area contributed by atoms with Crippen LogP contribution in [0.3, 0.4) is 0 Å². The van der Waals surface area contributed by atoms with Crippen molar-refractivity contribution in [3.05, 3.63) is 71.8 Å². The highest BCUT2D eigenvalue weighted by molar-refractivity contribution is 7.13. The predicted molar refractivity (Wildman–Crippen MR) is 119 cm³/mol. The number of hydrogen-bond donors (Lipinski definition) is 1. The maximum absolute atomic E-state index is 12.5. The molecule has 0 aliphatic heterocycles. The maximum atomic E-state index is 12.5. The van der Waals surface area contributed by atoms with E-state index in [2.05, 4.69) is 16.9 Å². The molecule has 3 aromatic rings. The molecule has 1 heterocycles. The van der Waals surface area contributed by atoms with Crippen LogP contribution in [-0.4, -0.2) is 38.3 Å². The van der Waals surface area contributed by atoms with Gasteiger partial charge in [-0.2, -0.15) is 0 Å². The number of rotatable bonds is 10. The molecule has 0 saturated heterocycles. The van der Waals surface area contributed by atoms with Crippen LogP contribution >= 0.6 is 11.3 Å². The summed E-state index contributed by atoms with van der Waals surface area (Å²) in [6.45, 7) is 4.53. The lowest BCUT2D eigenvalue weighted by Crippen LogP contribution is -2.26. The van der Waals surface area contributed by atoms with Crippen LogP contribution in [0.2, 0.25) is 0 Å². The minimum absolute atomic E-state index is 0.203. The maximum Gasteiger partial charge on any atom is 0.270 e. The zero-order valence-corrected chi connectivity index (χ0v) is 17.8. The number of ether oxygens (including phenoxy) is 3. The van der Waals surface area contributed by atoms with Gasteiger partial charge in [-0.25, -0.2) is 4.98 Å². The third-order valence-electron chi connectivity index (χ3n) is 4.38. The largest absolute Gasteiger partial charge is 0.496 e. The zero-order valence-electron chi connectivity index (χ0n) is 17.0. The molecule has 1 N–H and O–H groups in total. The molecule has 0 bridgehead atoms. The van der Waals surface area contributed by atoms with Crippen molar-refractivity contribution in [3.63, 3.8) is 0 Å². The molecular formula is C23H24N2O4S. The summed E-state index contributed by atoms with van der Waals surface area (Å²) < 4.78 is 16.3. The zero-order chi connectivity index (χ0) is 21.3. The number of amides is 1. The monoisotopic (exact) mass is 424 g/mol. The summed E-state index contributed by atoms with van der Waals surface area (Å²) in [7, 11) is 3.23. The van der Waals surface area contributed by atoms with E-state index in [0.717, 1.165) is 21.9 Å². The fraction of sp³-hybridized carbons (Fsp3) is 0.217. The van der Waals surface area contributed by atoms with Crippen molar-refractivity contribution in [2.24, 2.45) is 0 Å². The number of thiazole rings is 1. The molecule has 0 saturated carbocycles. The Hall–Kier alpha value is -3.32. The molecule has 156 valence electrons. The van der Waals surface area contributed by atoms with Crippen molar-refractivity contribution in [2.75, 3.05) is 27.4 Å². The molecule has 6 nitrogen and oxygen atoms in total. The highest BCUT2D eigenvalue weighted by Crippen LogP contribution is 2.33. The van der Waals surface area contributed by atoms with Crippen molar-refractivity contribution in [1.82, 2.24) is 10.3 Å². The molecule has 1 aromatic heterocycles. The number of nitrogens with one attached hydrogen (secondary N) is 1. The molecule has 0 fully saturated rings. The van der Waals surface area contributed by atoms with Crippen molar-refractivity contribution >= 4 is 17.2 Å². The van der Waals surface area contributed by atoms with Gasteiger partial charge in [0, 0.05) is 17.5 Å². The van der Waals surface area contributed by atoms with E-state index in [-0.39, 0.29) is 5.91 Å². The lowest BCUT2D eigenvalue weighted by Gasteiger charge is -2.10. The molecule has 0 radical (unpaired) electrons. The average molecular weight is 425 g/mol. The molecule has 0 aliphatic rings. The fourth-order valence-corrected chi connectivity index (χ4v) is 3.69. The third-order valence-corrected chi connectivity index (χ3v) is 5.27. The summed E-state index contributed by atoms with van der Waals surface area (Å²) in [5.74, 6) is 1.85. The highest BCUT2D eigenvalue weighted by Gasteiger charge is 2.14. The Kier molecular flexibility index (Phi) is 7.45. The van der Waals surface area contributed by atoms with Gasteiger partial charge in [0.1, 0.15) is 23.1 Å². The molecule has 0 unspecified atom stereocenters. The van der Waals surface area contributed by atoms with Gasteiger partial charge >= 0.3 is 0 Å². The van der Waals surface area contributed by atoms with Gasteiger partial charge in [-0.15, -0.1) is 11.3 Å². The Bertz CT molecular complexity index is 1020. The Morgan fingerprint density at radius 1 is 1.13 bits per heavy atom. The summed E-state index contributed by atoms with van der Waals surface area (Å²) in [4.78, 5) is 17.0. The molecule has 30 heavy (non-hydrogen) atoms. The van der Waals surface area contributed by atoms with Crippen molar-refractivity contribution < 1.29 is 19.0 Å². The molecular weight excluding hydrogens is 400 g/mol. The fourth-order valence-electron chi connectivity index (χ4n) is 2.89. The number of aromatic nitrogens is 1. The number of carbonyl (C=O) groups excluding carboxylic acids is 1. The number of methoxy groups -OCH3 is 2. The van der Waals surface area contributed by atoms with Crippen LogP contribution in [0.1, 0.15) is 16.1 Å². The van der Waals surface area contributed by atoms with Crippen LogP contribution in [-0.2, 0) is 6.42 Å². The lowest BCUT2D eigenvalue weighted by atomic mass is 10.1. The van der Waals surface area contributed by atoms with Gasteiger partial charge in [0.2, 0.25) is 0 Å². The van der Waals surface area contributed by atoms with Gasteiger partial charge in [-0.05, 0) is 36.2 Å². The van der Waals surface area contributed by atoms with Gasteiger partial charge in [0.25, 0.3) is 5.91 Å². The Balaban J connectivity index is 1.64. The van der Waals surface area contributed by atoms with E-state index in [1.54, 1.807) is 25.7 Å². The standard InChI is InChI=1S/C23H24N2O4S/c1-4-13-29-20-10-9-17(14-21(20)28-3)23-25-18(15-30-23)22(26)24-12-11-16-7-5-6-8-19(16)27-2/h4-10,14-15H,1,11-13H2,2-3H3,(H,24,26). The third kappa shape index (κ3) is 5.18. The molecule has 0 aliphatic carbocycles. The first-order valence-electron chi connectivity index (χ1n) is 9.44. The lowest BCUT2D eigenvalue weighted by molar-refractivity contribution is 0.0950. The van der Waals surface area contributed by atoms with E-state index in [1.807, 2.05) is 42.5 Å². The first kappa shape index (κ1) is 21.4. The molecule has 0 spiro atoms. The average Bonchev–Trinajstić information content (AvgIpc) is 3.28. The second-order valence-corrected chi connectivity index (χ2v) is 7.18. The van der Waals surface area contributed by atoms with Crippen molar-refractivity contribution in [1.29, 1.82) is 0 Å². The SMILES string of the molecule is C=CCOc1ccc(-c2nc(C(=O)NCCc3ccccc3OC)cs2)cc1OC. The van der Waals surface area contributed by atoms with Crippen LogP contribution < -0.4 is 19.5 Å². The van der Waals surface area contributed by atoms with E-state index < -0.39 is 0 Å². The summed E-state index contributed by atoms with van der Waals surface area (Å²) in [5.41, 5.74) is 2.29. The molecule has 7 heteroatoms. The van der Waals surface area contributed by atoms with Crippen LogP contribution in [0, 0.1) is 0 Å². The predicted octanol–water partition coefficient (Wildman–Crippen LogP) is 4.36. The number of benzene rings is 2. The van der Waals surface area contributed by atoms with E-state index in [1.165, 1.54) is 11.3 Å². The van der Waals surface area contributed by atoms with Gasteiger partial charge in [0.15, 0.2) is 11.5 Å². The van der Waals surface area contributed by atoms with Crippen molar-refractivity contribution in [3.8, 4) is 27.8 Å². The number of hydrogen-bond acceptors (Lipinski definition) is 6. The first-order valence-corrected chi connectivity index (χ1v) is 10.3. The minimum Gasteiger partial charge on any atom is -0.496 e. The van der Waals surface area contributed by atoms with Gasteiger partial charge in [0.05, 0.1) is 14.2 Å². The van der Waals surface area contributed by atoms with Gasteiger partial charge in [-0.3, -0.25) is 4.79 Å². The Morgan fingerprint density at radius 3 is 2.70 bits per heavy atom. The topological polar surface area (TPSA) is 69.7 Å². The van der Waals surface area contributed by atoms with E-state index in [4.69, 9.17) is 14.2 Å². The summed E-state index contributed by atoms with van der Waals surface area (Å²) in [6, 6.07) is 13.3. The Labute approximate surface area is 180 Å². The normalized spacial score (nSPS) is 10.3. The quantitative estimate of drug-likeness (QED) is 0.490. The molecule has 3 rings (SSSR count). The van der Waals surface area contributed by atoms with E-state index in [9.17, 15) is 4.79 Å². The first-order chi connectivity index (χ1) is 14.7. The number of para-hydroxylation sites is 1. The molecule has 1 amide bonds. The summed E-state index contributed by atoms with van der Waals surface area (Å²) in [6.07, 6.45) is 2.35. The van der Waals surface area contributed by atoms with Gasteiger partial charge in [-0.1, -0.05) is 30.9 Å². The minimum atomic E-state index is -0.203. The number of nitrogens with zero attached hydrogens (tertiary/aromatic N) is 1. The van der Waals surface area contributed by atoms with Crippen LogP contribution in [0.25, 0.3) is 10.6 Å². The summed E-state index contributed by atoms with van der Waals surface area (Å²) >= 11 is 1.41. The van der Waals surface area contributed by atoms with Crippen LogP contribution in [0.4, 0.5) is 0 Å². The van der Waals surface area contributed by atoms with E-state index >= 15 is 0 Å². The van der Waals surface area contributed by atoms with Crippen molar-refractivity contribution in [2.45, 2.75) is 6.42 Å².